The fourth-order valence-corrected chi connectivity index (χ4v) is 2.15. The van der Waals surface area contributed by atoms with Crippen molar-refractivity contribution in [3.8, 4) is 5.69 Å². The molecule has 0 saturated heterocycles. The Hall–Kier alpha value is -1.74. The molecule has 0 bridgehead atoms. The second kappa shape index (κ2) is 4.26. The molecule has 0 unspecified atom stereocenters. The highest BCUT2D eigenvalue weighted by molar-refractivity contribution is 6.33. The highest BCUT2D eigenvalue weighted by Gasteiger charge is 2.11. The topological polar surface area (TPSA) is 42.2 Å². The Bertz CT molecular complexity index is 568. The number of carbonyl (C=O) groups is 1. The van der Waals surface area contributed by atoms with Crippen molar-refractivity contribution in [3.05, 3.63) is 52.3 Å². The van der Waals surface area contributed by atoms with Gasteiger partial charge in [-0.3, -0.25) is 0 Å². The largest absolute Gasteiger partial charge is 0.478 e. The number of aryl methyl sites for hydroxylation is 2. The third-order valence-electron chi connectivity index (χ3n) is 2.71. The summed E-state index contributed by atoms with van der Waals surface area (Å²) in [4.78, 5) is 10.9. The SMILES string of the molecule is Cc1ccc(C)n1-c1ccc(C(=O)O)c(Cl)c1. The van der Waals surface area contributed by atoms with E-state index >= 15 is 0 Å². The minimum absolute atomic E-state index is 0.123. The van der Waals surface area contributed by atoms with Gasteiger partial charge >= 0.3 is 5.97 Å². The van der Waals surface area contributed by atoms with E-state index in [2.05, 4.69) is 0 Å². The molecule has 0 aliphatic heterocycles. The van der Waals surface area contributed by atoms with E-state index in [0.29, 0.717) is 0 Å². The number of nitrogens with zero attached hydrogens (tertiary/aromatic N) is 1. The van der Waals surface area contributed by atoms with Crippen molar-refractivity contribution < 1.29 is 9.90 Å². The number of hydrogen-bond donors (Lipinski definition) is 1. The third-order valence-corrected chi connectivity index (χ3v) is 3.03. The van der Waals surface area contributed by atoms with E-state index in [1.165, 1.54) is 6.07 Å². The number of hydrogen-bond acceptors (Lipinski definition) is 1. The van der Waals surface area contributed by atoms with Crippen LogP contribution in [0.4, 0.5) is 0 Å². The van der Waals surface area contributed by atoms with Crippen LogP contribution < -0.4 is 0 Å². The zero-order chi connectivity index (χ0) is 12.6. The lowest BCUT2D eigenvalue weighted by Crippen LogP contribution is -2.02. The monoisotopic (exact) mass is 249 g/mol. The molecule has 0 amide bonds. The Kier molecular flexibility index (Phi) is 2.94. The molecule has 3 nitrogen and oxygen atoms in total. The lowest BCUT2D eigenvalue weighted by atomic mass is 10.2. The molecule has 17 heavy (non-hydrogen) atoms. The number of carboxylic acid groups (broad SMARTS) is 1. The van der Waals surface area contributed by atoms with Gasteiger partial charge in [0.25, 0.3) is 0 Å². The average Bonchev–Trinajstić information content (AvgIpc) is 2.58. The normalized spacial score (nSPS) is 10.5. The molecular formula is C13H12ClNO2. The number of benzene rings is 1. The molecule has 1 heterocycles. The summed E-state index contributed by atoms with van der Waals surface area (Å²) in [6, 6.07) is 8.97. The van der Waals surface area contributed by atoms with Gasteiger partial charge in [0, 0.05) is 17.1 Å². The fraction of sp³-hybridized carbons (Fsp3) is 0.154. The maximum Gasteiger partial charge on any atom is 0.337 e. The molecule has 1 aromatic heterocycles. The first-order chi connectivity index (χ1) is 8.00. The van der Waals surface area contributed by atoms with Gasteiger partial charge in [-0.1, -0.05) is 11.6 Å². The van der Waals surface area contributed by atoms with E-state index < -0.39 is 5.97 Å². The van der Waals surface area contributed by atoms with E-state index in [0.717, 1.165) is 17.1 Å². The Morgan fingerprint density at radius 3 is 2.24 bits per heavy atom. The maximum absolute atomic E-state index is 10.9. The number of aromatic carboxylic acids is 1. The number of halogens is 1. The molecule has 4 heteroatoms. The summed E-state index contributed by atoms with van der Waals surface area (Å²) in [6.07, 6.45) is 0. The van der Waals surface area contributed by atoms with Crippen molar-refractivity contribution in [1.82, 2.24) is 4.57 Å². The second-order valence-electron chi connectivity index (χ2n) is 3.92. The van der Waals surface area contributed by atoms with Gasteiger partial charge in [0.15, 0.2) is 0 Å². The first-order valence-electron chi connectivity index (χ1n) is 5.19. The summed E-state index contributed by atoms with van der Waals surface area (Å²) >= 11 is 5.95. The van der Waals surface area contributed by atoms with Gasteiger partial charge in [0.05, 0.1) is 10.6 Å². The first-order valence-corrected chi connectivity index (χ1v) is 5.56. The van der Waals surface area contributed by atoms with E-state index in [-0.39, 0.29) is 10.6 Å². The fourth-order valence-electron chi connectivity index (χ4n) is 1.89. The lowest BCUT2D eigenvalue weighted by molar-refractivity contribution is 0.0697. The molecule has 0 radical (unpaired) electrons. The van der Waals surface area contributed by atoms with Crippen LogP contribution in [0.3, 0.4) is 0 Å². The summed E-state index contributed by atoms with van der Waals surface area (Å²) < 4.78 is 2.03. The minimum atomic E-state index is -1.01. The molecule has 0 atom stereocenters. The van der Waals surface area contributed by atoms with Crippen LogP contribution in [0.25, 0.3) is 5.69 Å². The molecule has 1 aromatic carbocycles. The van der Waals surface area contributed by atoms with Gasteiger partial charge in [-0.05, 0) is 44.2 Å². The minimum Gasteiger partial charge on any atom is -0.478 e. The molecule has 0 spiro atoms. The summed E-state index contributed by atoms with van der Waals surface area (Å²) in [6.45, 7) is 3.98. The smallest absolute Gasteiger partial charge is 0.337 e. The van der Waals surface area contributed by atoms with Crippen LogP contribution in [-0.4, -0.2) is 15.6 Å². The van der Waals surface area contributed by atoms with Crippen LogP contribution in [-0.2, 0) is 0 Å². The van der Waals surface area contributed by atoms with Crippen molar-refractivity contribution in [1.29, 1.82) is 0 Å². The average molecular weight is 250 g/mol. The molecule has 0 saturated carbocycles. The highest BCUT2D eigenvalue weighted by atomic mass is 35.5. The molecule has 0 aliphatic rings. The van der Waals surface area contributed by atoms with Crippen LogP contribution in [0.2, 0.25) is 5.02 Å². The van der Waals surface area contributed by atoms with Crippen molar-refractivity contribution in [2.75, 3.05) is 0 Å². The summed E-state index contributed by atoms with van der Waals surface area (Å²) in [7, 11) is 0. The number of carboxylic acids is 1. The number of aromatic nitrogens is 1. The van der Waals surface area contributed by atoms with Crippen LogP contribution in [0.1, 0.15) is 21.7 Å². The van der Waals surface area contributed by atoms with Gasteiger partial charge in [-0.25, -0.2) is 4.79 Å². The van der Waals surface area contributed by atoms with E-state index in [4.69, 9.17) is 16.7 Å². The van der Waals surface area contributed by atoms with Crippen molar-refractivity contribution in [2.24, 2.45) is 0 Å². The predicted octanol–water partition coefficient (Wildman–Crippen LogP) is 3.45. The summed E-state index contributed by atoms with van der Waals surface area (Å²) in [5.41, 5.74) is 3.17. The molecule has 0 fully saturated rings. The van der Waals surface area contributed by atoms with Gasteiger partial charge in [-0.15, -0.1) is 0 Å². The van der Waals surface area contributed by atoms with Gasteiger partial charge in [-0.2, -0.15) is 0 Å². The Balaban J connectivity index is 2.56. The maximum atomic E-state index is 10.9. The molecule has 2 rings (SSSR count). The van der Waals surface area contributed by atoms with Crippen molar-refractivity contribution in [2.45, 2.75) is 13.8 Å². The summed E-state index contributed by atoms with van der Waals surface area (Å²) in [5.74, 6) is -1.01. The van der Waals surface area contributed by atoms with Gasteiger partial charge < -0.3 is 9.67 Å². The van der Waals surface area contributed by atoms with E-state index in [9.17, 15) is 4.79 Å². The van der Waals surface area contributed by atoms with Crippen molar-refractivity contribution in [3.63, 3.8) is 0 Å². The first kappa shape index (κ1) is 11.7. The van der Waals surface area contributed by atoms with Crippen LogP contribution >= 0.6 is 11.6 Å². The van der Waals surface area contributed by atoms with Crippen LogP contribution in [0, 0.1) is 13.8 Å². The predicted molar refractivity (Wildman–Crippen MR) is 67.2 cm³/mol. The molecule has 0 aliphatic carbocycles. The van der Waals surface area contributed by atoms with E-state index in [1.54, 1.807) is 12.1 Å². The number of rotatable bonds is 2. The molecule has 1 N–H and O–H groups in total. The Morgan fingerprint density at radius 1 is 1.18 bits per heavy atom. The zero-order valence-corrected chi connectivity index (χ0v) is 10.3. The third kappa shape index (κ3) is 2.06. The second-order valence-corrected chi connectivity index (χ2v) is 4.33. The molecule has 88 valence electrons. The Morgan fingerprint density at radius 2 is 1.76 bits per heavy atom. The highest BCUT2D eigenvalue weighted by Crippen LogP contribution is 2.23. The Labute approximate surface area is 104 Å². The molecular weight excluding hydrogens is 238 g/mol. The lowest BCUT2D eigenvalue weighted by Gasteiger charge is -2.10. The van der Waals surface area contributed by atoms with Gasteiger partial charge in [0.1, 0.15) is 0 Å². The summed E-state index contributed by atoms with van der Waals surface area (Å²) in [5, 5.41) is 9.16. The standard InChI is InChI=1S/C13H12ClNO2/c1-8-3-4-9(2)15(8)10-5-6-11(13(16)17)12(14)7-10/h3-7H,1-2H3,(H,16,17). The van der Waals surface area contributed by atoms with E-state index in [1.807, 2.05) is 30.5 Å². The van der Waals surface area contributed by atoms with Crippen LogP contribution in [0.5, 0.6) is 0 Å². The quantitative estimate of drug-likeness (QED) is 0.886. The van der Waals surface area contributed by atoms with Crippen molar-refractivity contribution >= 4 is 17.6 Å². The zero-order valence-electron chi connectivity index (χ0n) is 9.57. The van der Waals surface area contributed by atoms with Crippen LogP contribution in [0.15, 0.2) is 30.3 Å². The molecule has 2 aromatic rings. The van der Waals surface area contributed by atoms with Gasteiger partial charge in [0.2, 0.25) is 0 Å².